The molecule has 1 aromatic heterocycles. The third-order valence-corrected chi connectivity index (χ3v) is 4.33. The molecule has 0 aliphatic carbocycles. The van der Waals surface area contributed by atoms with Gasteiger partial charge in [-0.3, -0.25) is 9.59 Å². The zero-order chi connectivity index (χ0) is 19.5. The van der Waals surface area contributed by atoms with E-state index in [1.807, 2.05) is 30.3 Å². The summed E-state index contributed by atoms with van der Waals surface area (Å²) in [7, 11) is 0. The molecular weight excluding hydrogens is 360 g/mol. The van der Waals surface area contributed by atoms with Crippen LogP contribution >= 0.6 is 0 Å². The van der Waals surface area contributed by atoms with Gasteiger partial charge in [-0.15, -0.1) is 0 Å². The molecule has 0 bridgehead atoms. The lowest BCUT2D eigenvalue weighted by atomic mass is 10.1. The van der Waals surface area contributed by atoms with Gasteiger partial charge in [-0.05, 0) is 18.6 Å². The number of benzene rings is 2. The molecule has 0 saturated heterocycles. The lowest BCUT2D eigenvalue weighted by Gasteiger charge is -2.12. The molecule has 3 aromatic rings. The molecule has 0 fully saturated rings. The summed E-state index contributed by atoms with van der Waals surface area (Å²) in [6, 6.07) is 15.9. The Balaban J connectivity index is 1.30. The van der Waals surface area contributed by atoms with Crippen molar-refractivity contribution < 1.29 is 23.6 Å². The molecule has 0 spiro atoms. The molecule has 0 radical (unpaired) electrons. The average molecular weight is 376 g/mol. The second-order valence-corrected chi connectivity index (χ2v) is 6.25. The normalized spacial score (nSPS) is 12.9. The minimum atomic E-state index is -0.663. The molecule has 1 aliphatic rings. The number of carbonyl (C=O) groups is 3. The number of hydroxylamine groups is 2. The van der Waals surface area contributed by atoms with E-state index in [0.717, 1.165) is 5.56 Å². The lowest BCUT2D eigenvalue weighted by molar-refractivity contribution is -0.168. The number of amides is 2. The molecule has 28 heavy (non-hydrogen) atoms. The van der Waals surface area contributed by atoms with Crippen LogP contribution < -0.4 is 0 Å². The molecule has 2 heterocycles. The first kappa shape index (κ1) is 17.7. The van der Waals surface area contributed by atoms with Gasteiger partial charge < -0.3 is 9.25 Å². The molecule has 7 heteroatoms. The third-order valence-electron chi connectivity index (χ3n) is 4.33. The minimum Gasteiger partial charge on any atom is -0.441 e. The van der Waals surface area contributed by atoms with Crippen molar-refractivity contribution in [3.8, 4) is 11.3 Å². The summed E-state index contributed by atoms with van der Waals surface area (Å²) >= 11 is 0. The molecule has 140 valence electrons. The van der Waals surface area contributed by atoms with Crippen molar-refractivity contribution in [1.82, 2.24) is 10.0 Å². The number of nitrogens with zero attached hydrogens (tertiary/aromatic N) is 2. The predicted molar refractivity (Wildman–Crippen MR) is 97.9 cm³/mol. The smallest absolute Gasteiger partial charge is 0.333 e. The van der Waals surface area contributed by atoms with Crippen molar-refractivity contribution in [3.63, 3.8) is 0 Å². The number of hydrogen-bond acceptors (Lipinski definition) is 6. The first-order valence-electron chi connectivity index (χ1n) is 8.82. The van der Waals surface area contributed by atoms with Gasteiger partial charge >= 0.3 is 5.97 Å². The SMILES string of the molecule is O=C(CCCc1ncc(-c2ccccc2)o1)ON1C(=O)c2ccccc2C1=O. The van der Waals surface area contributed by atoms with E-state index in [1.165, 1.54) is 12.1 Å². The number of oxazole rings is 1. The second-order valence-electron chi connectivity index (χ2n) is 6.25. The highest BCUT2D eigenvalue weighted by Crippen LogP contribution is 2.23. The molecule has 0 saturated carbocycles. The fourth-order valence-corrected chi connectivity index (χ4v) is 2.94. The Morgan fingerprint density at radius 1 is 0.964 bits per heavy atom. The van der Waals surface area contributed by atoms with Crippen LogP contribution in [0.5, 0.6) is 0 Å². The number of aromatic nitrogens is 1. The summed E-state index contributed by atoms with van der Waals surface area (Å²) in [5.74, 6) is -0.760. The van der Waals surface area contributed by atoms with Crippen LogP contribution in [0.25, 0.3) is 11.3 Å². The van der Waals surface area contributed by atoms with E-state index in [9.17, 15) is 14.4 Å². The Bertz CT molecular complexity index is 1010. The first-order chi connectivity index (χ1) is 13.6. The molecule has 4 rings (SSSR count). The Hall–Kier alpha value is -3.74. The summed E-state index contributed by atoms with van der Waals surface area (Å²) in [5.41, 5.74) is 1.38. The van der Waals surface area contributed by atoms with Crippen molar-refractivity contribution in [2.45, 2.75) is 19.3 Å². The van der Waals surface area contributed by atoms with Crippen LogP contribution in [0.3, 0.4) is 0 Å². The van der Waals surface area contributed by atoms with Crippen molar-refractivity contribution in [3.05, 3.63) is 77.8 Å². The second kappa shape index (κ2) is 7.48. The number of aryl methyl sites for hydroxylation is 1. The molecule has 0 N–H and O–H groups in total. The maximum atomic E-state index is 12.2. The van der Waals surface area contributed by atoms with Crippen molar-refractivity contribution in [2.24, 2.45) is 0 Å². The molecule has 7 nitrogen and oxygen atoms in total. The third kappa shape index (κ3) is 3.42. The number of rotatable bonds is 6. The van der Waals surface area contributed by atoms with Gasteiger partial charge in [0.15, 0.2) is 11.7 Å². The molecule has 2 amide bonds. The van der Waals surface area contributed by atoms with E-state index in [2.05, 4.69) is 4.98 Å². The molecule has 0 atom stereocenters. The minimum absolute atomic E-state index is 0.0243. The van der Waals surface area contributed by atoms with Crippen molar-refractivity contribution >= 4 is 17.8 Å². The Kier molecular flexibility index (Phi) is 4.72. The predicted octanol–water partition coefficient (Wildman–Crippen LogP) is 3.42. The Labute approximate surface area is 160 Å². The fraction of sp³-hybridized carbons (Fsp3) is 0.143. The van der Waals surface area contributed by atoms with Crippen LogP contribution in [0.1, 0.15) is 39.4 Å². The highest BCUT2D eigenvalue weighted by molar-refractivity contribution is 6.20. The average Bonchev–Trinajstić information content (AvgIpc) is 3.28. The summed E-state index contributed by atoms with van der Waals surface area (Å²) in [5, 5.41) is 0.519. The van der Waals surface area contributed by atoms with E-state index in [4.69, 9.17) is 9.25 Å². The summed E-state index contributed by atoms with van der Waals surface area (Å²) in [6.07, 6.45) is 2.51. The summed E-state index contributed by atoms with van der Waals surface area (Å²) in [4.78, 5) is 45.6. The first-order valence-corrected chi connectivity index (χ1v) is 8.82. The van der Waals surface area contributed by atoms with Gasteiger partial charge in [-0.1, -0.05) is 47.5 Å². The van der Waals surface area contributed by atoms with Gasteiger partial charge in [0.25, 0.3) is 11.8 Å². The number of carbonyl (C=O) groups excluding carboxylic acids is 3. The maximum Gasteiger partial charge on any atom is 0.333 e. The van der Waals surface area contributed by atoms with E-state index < -0.39 is 17.8 Å². The molecule has 0 unspecified atom stereocenters. The molecule has 2 aromatic carbocycles. The number of fused-ring (bicyclic) bond motifs is 1. The van der Waals surface area contributed by atoms with Crippen LogP contribution in [-0.2, 0) is 16.1 Å². The summed E-state index contributed by atoms with van der Waals surface area (Å²) in [6.45, 7) is 0. The Morgan fingerprint density at radius 2 is 1.61 bits per heavy atom. The van der Waals surface area contributed by atoms with Gasteiger partial charge in [0.2, 0.25) is 0 Å². The van der Waals surface area contributed by atoms with Gasteiger partial charge in [-0.25, -0.2) is 9.78 Å². The van der Waals surface area contributed by atoms with E-state index in [-0.39, 0.29) is 17.5 Å². The fourth-order valence-electron chi connectivity index (χ4n) is 2.94. The van der Waals surface area contributed by atoms with E-state index >= 15 is 0 Å². The lowest BCUT2D eigenvalue weighted by Crippen LogP contribution is -2.32. The Morgan fingerprint density at radius 3 is 2.29 bits per heavy atom. The summed E-state index contributed by atoms with van der Waals surface area (Å²) < 4.78 is 5.68. The van der Waals surface area contributed by atoms with Crippen LogP contribution in [0.15, 0.2) is 65.2 Å². The van der Waals surface area contributed by atoms with Crippen LogP contribution in [0.4, 0.5) is 0 Å². The maximum absolute atomic E-state index is 12.2. The standard InChI is InChI=1S/C21H16N2O5/c24-19(28-23-20(25)15-9-4-5-10-16(15)21(23)26)12-6-11-18-22-13-17(27-18)14-7-2-1-3-8-14/h1-5,7-10,13H,6,11-12H2. The van der Waals surface area contributed by atoms with E-state index in [1.54, 1.807) is 18.3 Å². The van der Waals surface area contributed by atoms with Crippen LogP contribution in [0, 0.1) is 0 Å². The highest BCUT2D eigenvalue weighted by atomic mass is 16.7. The largest absolute Gasteiger partial charge is 0.441 e. The zero-order valence-corrected chi connectivity index (χ0v) is 14.8. The number of hydrogen-bond donors (Lipinski definition) is 0. The van der Waals surface area contributed by atoms with Crippen molar-refractivity contribution in [2.75, 3.05) is 0 Å². The van der Waals surface area contributed by atoms with Gasteiger partial charge in [0, 0.05) is 18.4 Å². The van der Waals surface area contributed by atoms with Gasteiger partial charge in [-0.2, -0.15) is 0 Å². The monoisotopic (exact) mass is 376 g/mol. The zero-order valence-electron chi connectivity index (χ0n) is 14.8. The van der Waals surface area contributed by atoms with Gasteiger partial charge in [0.1, 0.15) is 0 Å². The highest BCUT2D eigenvalue weighted by Gasteiger charge is 2.38. The van der Waals surface area contributed by atoms with Crippen molar-refractivity contribution in [1.29, 1.82) is 0 Å². The molecular formula is C21H16N2O5. The number of imide groups is 1. The molecule has 1 aliphatic heterocycles. The van der Waals surface area contributed by atoms with Crippen LogP contribution in [0.2, 0.25) is 0 Å². The van der Waals surface area contributed by atoms with Gasteiger partial charge in [0.05, 0.1) is 17.3 Å². The van der Waals surface area contributed by atoms with E-state index in [0.29, 0.717) is 29.6 Å². The topological polar surface area (TPSA) is 89.7 Å². The quantitative estimate of drug-likeness (QED) is 0.613. The van der Waals surface area contributed by atoms with Crippen LogP contribution in [-0.4, -0.2) is 27.8 Å².